The molecule has 7 heteroatoms. The maximum atomic E-state index is 12.5. The van der Waals surface area contributed by atoms with Gasteiger partial charge in [-0.1, -0.05) is 30.3 Å². The number of carbonyl (C=O) groups is 3. The summed E-state index contributed by atoms with van der Waals surface area (Å²) in [5.74, 6) is 0.344. The Morgan fingerprint density at radius 1 is 1.00 bits per heavy atom. The lowest BCUT2D eigenvalue weighted by Crippen LogP contribution is -2.49. The summed E-state index contributed by atoms with van der Waals surface area (Å²) in [6.45, 7) is 3.56. The van der Waals surface area contributed by atoms with E-state index in [0.717, 1.165) is 24.8 Å². The number of rotatable bonds is 9. The van der Waals surface area contributed by atoms with Crippen LogP contribution in [0.3, 0.4) is 0 Å². The largest absolute Gasteiger partial charge is 0.494 e. The van der Waals surface area contributed by atoms with Crippen LogP contribution in [0.1, 0.15) is 42.1 Å². The van der Waals surface area contributed by atoms with E-state index in [0.29, 0.717) is 37.4 Å². The predicted octanol–water partition coefficient (Wildman–Crippen LogP) is 2.56. The number of aryl methyl sites for hydroxylation is 1. The van der Waals surface area contributed by atoms with Gasteiger partial charge in [-0.2, -0.15) is 0 Å². The van der Waals surface area contributed by atoms with Crippen molar-refractivity contribution in [3.05, 3.63) is 65.7 Å². The van der Waals surface area contributed by atoms with Gasteiger partial charge in [-0.25, -0.2) is 0 Å². The molecule has 1 aliphatic heterocycles. The van der Waals surface area contributed by atoms with E-state index >= 15 is 0 Å². The molecule has 3 rings (SSSR count). The Morgan fingerprint density at radius 3 is 2.34 bits per heavy atom. The molecule has 1 heterocycles. The van der Waals surface area contributed by atoms with Crippen LogP contribution < -0.4 is 15.4 Å². The van der Waals surface area contributed by atoms with Gasteiger partial charge in [-0.05, 0) is 56.0 Å². The van der Waals surface area contributed by atoms with Crippen LogP contribution in [-0.4, -0.2) is 54.9 Å². The van der Waals surface area contributed by atoms with E-state index in [4.69, 9.17) is 4.74 Å². The van der Waals surface area contributed by atoms with Gasteiger partial charge in [0.05, 0.1) is 13.2 Å². The molecule has 0 radical (unpaired) electrons. The smallest absolute Gasteiger partial charge is 0.251 e. The fraction of sp³-hybridized carbons (Fsp3) is 0.400. The number of hydrogen-bond donors (Lipinski definition) is 2. The Kier molecular flexibility index (Phi) is 8.66. The molecular weight excluding hydrogens is 406 g/mol. The van der Waals surface area contributed by atoms with Crippen LogP contribution in [0.5, 0.6) is 5.75 Å². The first kappa shape index (κ1) is 23.3. The molecule has 3 amide bonds. The molecule has 0 atom stereocenters. The van der Waals surface area contributed by atoms with Gasteiger partial charge in [0.25, 0.3) is 5.91 Å². The zero-order valence-electron chi connectivity index (χ0n) is 18.5. The minimum Gasteiger partial charge on any atom is -0.494 e. The lowest BCUT2D eigenvalue weighted by atomic mass is 10.0. The van der Waals surface area contributed by atoms with Gasteiger partial charge in [0.2, 0.25) is 11.8 Å². The van der Waals surface area contributed by atoms with Crippen LogP contribution in [0.25, 0.3) is 0 Å². The molecule has 1 saturated heterocycles. The third-order valence-electron chi connectivity index (χ3n) is 5.52. The normalized spacial score (nSPS) is 14.0. The second kappa shape index (κ2) is 11.9. The highest BCUT2D eigenvalue weighted by atomic mass is 16.5. The second-order valence-electron chi connectivity index (χ2n) is 7.85. The van der Waals surface area contributed by atoms with Crippen molar-refractivity contribution in [2.75, 3.05) is 26.2 Å². The van der Waals surface area contributed by atoms with Crippen LogP contribution in [0.4, 0.5) is 0 Å². The number of nitrogens with zero attached hydrogens (tertiary/aromatic N) is 1. The van der Waals surface area contributed by atoms with Gasteiger partial charge < -0.3 is 20.3 Å². The highest BCUT2D eigenvalue weighted by Gasteiger charge is 2.24. The number of carbonyl (C=O) groups excluding carboxylic acids is 3. The summed E-state index contributed by atoms with van der Waals surface area (Å²) < 4.78 is 5.37. The average molecular weight is 438 g/mol. The topological polar surface area (TPSA) is 87.7 Å². The van der Waals surface area contributed by atoms with Crippen molar-refractivity contribution >= 4 is 17.7 Å². The van der Waals surface area contributed by atoms with Crippen LogP contribution in [0.15, 0.2) is 54.6 Å². The Bertz CT molecular complexity index is 891. The van der Waals surface area contributed by atoms with Gasteiger partial charge in [-0.3, -0.25) is 14.4 Å². The van der Waals surface area contributed by atoms with Crippen molar-refractivity contribution in [3.8, 4) is 5.75 Å². The number of benzene rings is 2. The van der Waals surface area contributed by atoms with E-state index in [1.54, 1.807) is 29.2 Å². The molecule has 0 aromatic heterocycles. The van der Waals surface area contributed by atoms with Gasteiger partial charge in [0.1, 0.15) is 5.75 Å². The minimum absolute atomic E-state index is 0.0415. The lowest BCUT2D eigenvalue weighted by Gasteiger charge is -2.32. The Morgan fingerprint density at radius 2 is 1.69 bits per heavy atom. The Balaban J connectivity index is 1.34. The van der Waals surface area contributed by atoms with Crippen molar-refractivity contribution in [2.45, 2.75) is 38.6 Å². The monoisotopic (exact) mass is 437 g/mol. The van der Waals surface area contributed by atoms with Gasteiger partial charge in [0.15, 0.2) is 0 Å². The quantitative estimate of drug-likeness (QED) is 0.631. The van der Waals surface area contributed by atoms with E-state index in [9.17, 15) is 14.4 Å². The molecule has 170 valence electrons. The summed E-state index contributed by atoms with van der Waals surface area (Å²) in [6.07, 6.45) is 2.62. The van der Waals surface area contributed by atoms with E-state index < -0.39 is 0 Å². The Hall–Kier alpha value is -3.35. The van der Waals surface area contributed by atoms with Crippen LogP contribution in [0.2, 0.25) is 0 Å². The standard InChI is InChI=1S/C25H31N3O4/c1-2-32-22-11-9-20(10-12-22)25(31)26-18-24(30)28-16-14-21(15-17-28)27-23(29)13-8-19-6-4-3-5-7-19/h3-7,9-12,21H,2,8,13-18H2,1H3,(H,26,31)(H,27,29). The number of piperidine rings is 1. The fourth-order valence-corrected chi connectivity index (χ4v) is 3.71. The summed E-state index contributed by atoms with van der Waals surface area (Å²) in [7, 11) is 0. The Labute approximate surface area is 189 Å². The maximum absolute atomic E-state index is 12.5. The number of nitrogens with one attached hydrogen (secondary N) is 2. The first-order valence-electron chi connectivity index (χ1n) is 11.2. The third kappa shape index (κ3) is 7.11. The van der Waals surface area contributed by atoms with Gasteiger partial charge in [0, 0.05) is 31.1 Å². The molecule has 1 fully saturated rings. The van der Waals surface area contributed by atoms with E-state index in [2.05, 4.69) is 10.6 Å². The number of hydrogen-bond acceptors (Lipinski definition) is 4. The molecule has 32 heavy (non-hydrogen) atoms. The molecular formula is C25H31N3O4. The number of likely N-dealkylation sites (tertiary alicyclic amines) is 1. The fourth-order valence-electron chi connectivity index (χ4n) is 3.71. The molecule has 0 bridgehead atoms. The SMILES string of the molecule is CCOc1ccc(C(=O)NCC(=O)N2CCC(NC(=O)CCc3ccccc3)CC2)cc1. The third-order valence-corrected chi connectivity index (χ3v) is 5.52. The molecule has 0 saturated carbocycles. The number of ether oxygens (including phenoxy) is 1. The first-order chi connectivity index (χ1) is 15.5. The van der Waals surface area contributed by atoms with E-state index in [-0.39, 0.29) is 30.3 Å². The molecule has 1 aliphatic rings. The molecule has 0 spiro atoms. The molecule has 2 aromatic rings. The summed E-state index contributed by atoms with van der Waals surface area (Å²) in [5.41, 5.74) is 1.63. The maximum Gasteiger partial charge on any atom is 0.251 e. The zero-order chi connectivity index (χ0) is 22.8. The van der Waals surface area contributed by atoms with Crippen molar-refractivity contribution in [1.82, 2.24) is 15.5 Å². The predicted molar refractivity (Wildman–Crippen MR) is 122 cm³/mol. The molecule has 2 N–H and O–H groups in total. The summed E-state index contributed by atoms with van der Waals surface area (Å²) in [5, 5.41) is 5.76. The van der Waals surface area contributed by atoms with Gasteiger partial charge >= 0.3 is 0 Å². The van der Waals surface area contributed by atoms with Gasteiger partial charge in [-0.15, -0.1) is 0 Å². The van der Waals surface area contributed by atoms with Crippen LogP contribution in [-0.2, 0) is 16.0 Å². The molecule has 7 nitrogen and oxygen atoms in total. The van der Waals surface area contributed by atoms with Crippen molar-refractivity contribution in [2.24, 2.45) is 0 Å². The van der Waals surface area contributed by atoms with Crippen LogP contribution >= 0.6 is 0 Å². The molecule has 2 aromatic carbocycles. The molecule has 0 unspecified atom stereocenters. The van der Waals surface area contributed by atoms with E-state index in [1.165, 1.54) is 0 Å². The highest BCUT2D eigenvalue weighted by molar-refractivity contribution is 5.96. The van der Waals surface area contributed by atoms with Crippen molar-refractivity contribution in [1.29, 1.82) is 0 Å². The van der Waals surface area contributed by atoms with Crippen molar-refractivity contribution < 1.29 is 19.1 Å². The second-order valence-corrected chi connectivity index (χ2v) is 7.85. The van der Waals surface area contributed by atoms with E-state index in [1.807, 2.05) is 37.3 Å². The lowest BCUT2D eigenvalue weighted by molar-refractivity contribution is -0.131. The molecule has 0 aliphatic carbocycles. The number of amides is 3. The first-order valence-corrected chi connectivity index (χ1v) is 11.2. The van der Waals surface area contributed by atoms with Crippen LogP contribution in [0, 0.1) is 0 Å². The summed E-state index contributed by atoms with van der Waals surface area (Å²) in [4.78, 5) is 38.7. The zero-order valence-corrected chi connectivity index (χ0v) is 18.5. The minimum atomic E-state index is -0.290. The summed E-state index contributed by atoms with van der Waals surface area (Å²) >= 11 is 0. The average Bonchev–Trinajstić information content (AvgIpc) is 2.83. The highest BCUT2D eigenvalue weighted by Crippen LogP contribution is 2.13. The van der Waals surface area contributed by atoms with Crippen molar-refractivity contribution in [3.63, 3.8) is 0 Å². The summed E-state index contributed by atoms with van der Waals surface area (Å²) in [6, 6.07) is 16.9.